The molecule has 0 atom stereocenters. The zero-order valence-corrected chi connectivity index (χ0v) is 16.4. The Kier molecular flexibility index (Phi) is 6.59. The molecule has 1 aliphatic rings. The number of hydrogen-bond donors (Lipinski definition) is 1. The molecule has 1 fully saturated rings. The standard InChI is InChI=1S/C20H28N6O/c1-4-25(5-2)18-8-6-17(7-9-18)15-21-24-19-14-16(3)22-20(23-19)26-10-12-27-13-11-26/h6-9,14-15H,4-5,10-13H2,1-3H3,(H,22,23,24)/b21-15+. The maximum absolute atomic E-state index is 5.39. The van der Waals surface area contributed by atoms with E-state index >= 15 is 0 Å². The summed E-state index contributed by atoms with van der Waals surface area (Å²) in [5.41, 5.74) is 6.20. The van der Waals surface area contributed by atoms with Gasteiger partial charge in [0, 0.05) is 43.6 Å². The van der Waals surface area contributed by atoms with Crippen molar-refractivity contribution < 1.29 is 4.74 Å². The molecule has 2 aromatic rings. The number of aromatic nitrogens is 2. The molecule has 0 aliphatic carbocycles. The molecular formula is C20H28N6O. The van der Waals surface area contributed by atoms with Crippen LogP contribution in [0.25, 0.3) is 0 Å². The van der Waals surface area contributed by atoms with E-state index in [0.29, 0.717) is 19.0 Å². The van der Waals surface area contributed by atoms with E-state index in [1.54, 1.807) is 6.21 Å². The summed E-state index contributed by atoms with van der Waals surface area (Å²) in [4.78, 5) is 13.6. The van der Waals surface area contributed by atoms with Gasteiger partial charge in [-0.05, 0) is 38.5 Å². The number of ether oxygens (including phenoxy) is 1. The Hall–Kier alpha value is -2.67. The van der Waals surface area contributed by atoms with Gasteiger partial charge in [-0.15, -0.1) is 0 Å². The molecule has 0 radical (unpaired) electrons. The highest BCUT2D eigenvalue weighted by Gasteiger charge is 2.14. The van der Waals surface area contributed by atoms with Crippen molar-refractivity contribution in [1.29, 1.82) is 0 Å². The maximum atomic E-state index is 5.39. The highest BCUT2D eigenvalue weighted by atomic mass is 16.5. The van der Waals surface area contributed by atoms with Crippen molar-refractivity contribution in [3.05, 3.63) is 41.6 Å². The molecule has 1 saturated heterocycles. The molecule has 1 aliphatic heterocycles. The molecule has 27 heavy (non-hydrogen) atoms. The van der Waals surface area contributed by atoms with Crippen LogP contribution < -0.4 is 15.2 Å². The Bertz CT molecular complexity index is 752. The Morgan fingerprint density at radius 3 is 2.52 bits per heavy atom. The van der Waals surface area contributed by atoms with Crippen LogP contribution in [-0.2, 0) is 4.74 Å². The van der Waals surface area contributed by atoms with E-state index in [4.69, 9.17) is 4.74 Å². The van der Waals surface area contributed by atoms with Crippen LogP contribution in [0.1, 0.15) is 25.1 Å². The van der Waals surface area contributed by atoms with Crippen LogP contribution in [0, 0.1) is 6.92 Å². The fourth-order valence-corrected chi connectivity index (χ4v) is 3.05. The van der Waals surface area contributed by atoms with Crippen LogP contribution >= 0.6 is 0 Å². The van der Waals surface area contributed by atoms with Gasteiger partial charge in [0.05, 0.1) is 19.4 Å². The van der Waals surface area contributed by atoms with Gasteiger partial charge < -0.3 is 14.5 Å². The molecule has 0 saturated carbocycles. The first kappa shape index (κ1) is 19.1. The first-order valence-electron chi connectivity index (χ1n) is 9.52. The number of anilines is 3. The smallest absolute Gasteiger partial charge is 0.227 e. The van der Waals surface area contributed by atoms with E-state index in [1.807, 2.05) is 13.0 Å². The summed E-state index contributed by atoms with van der Waals surface area (Å²) in [6.45, 7) is 11.3. The SMILES string of the molecule is CCN(CC)c1ccc(/C=N/Nc2cc(C)nc(N3CCOCC3)n2)cc1. The number of morpholine rings is 1. The van der Waals surface area contributed by atoms with Crippen LogP contribution in [0.3, 0.4) is 0 Å². The largest absolute Gasteiger partial charge is 0.378 e. The molecular weight excluding hydrogens is 340 g/mol. The van der Waals surface area contributed by atoms with Gasteiger partial charge in [0.2, 0.25) is 5.95 Å². The molecule has 1 aromatic carbocycles. The Morgan fingerprint density at radius 2 is 1.85 bits per heavy atom. The van der Waals surface area contributed by atoms with Gasteiger partial charge in [-0.25, -0.2) is 4.98 Å². The average Bonchev–Trinajstić information content (AvgIpc) is 2.70. The number of rotatable bonds is 7. The Labute approximate surface area is 161 Å². The van der Waals surface area contributed by atoms with Crippen molar-refractivity contribution in [2.45, 2.75) is 20.8 Å². The molecule has 2 heterocycles. The summed E-state index contributed by atoms with van der Waals surface area (Å²) in [5.74, 6) is 1.42. The van der Waals surface area contributed by atoms with E-state index in [9.17, 15) is 0 Å². The van der Waals surface area contributed by atoms with Crippen LogP contribution in [0.2, 0.25) is 0 Å². The molecule has 0 bridgehead atoms. The minimum absolute atomic E-state index is 0.694. The molecule has 3 rings (SSSR count). The predicted octanol–water partition coefficient (Wildman–Crippen LogP) is 2.91. The van der Waals surface area contributed by atoms with Gasteiger partial charge in [0.1, 0.15) is 0 Å². The molecule has 1 N–H and O–H groups in total. The second kappa shape index (κ2) is 9.32. The Balaban J connectivity index is 1.64. The highest BCUT2D eigenvalue weighted by molar-refractivity contribution is 5.80. The third-order valence-corrected chi connectivity index (χ3v) is 4.55. The topological polar surface area (TPSA) is 65.9 Å². The monoisotopic (exact) mass is 368 g/mol. The van der Waals surface area contributed by atoms with Gasteiger partial charge in [-0.3, -0.25) is 5.43 Å². The summed E-state index contributed by atoms with van der Waals surface area (Å²) in [6.07, 6.45) is 1.80. The molecule has 0 amide bonds. The normalized spacial score (nSPS) is 14.6. The third kappa shape index (κ3) is 5.17. The van der Waals surface area contributed by atoms with Crippen molar-refractivity contribution in [1.82, 2.24) is 9.97 Å². The van der Waals surface area contributed by atoms with Crippen LogP contribution in [-0.4, -0.2) is 55.6 Å². The van der Waals surface area contributed by atoms with Crippen molar-refractivity contribution in [3.63, 3.8) is 0 Å². The first-order chi connectivity index (χ1) is 13.2. The van der Waals surface area contributed by atoms with E-state index in [2.05, 4.69) is 68.4 Å². The lowest BCUT2D eigenvalue weighted by Gasteiger charge is -2.27. The molecule has 0 unspecified atom stereocenters. The first-order valence-corrected chi connectivity index (χ1v) is 9.52. The van der Waals surface area contributed by atoms with Gasteiger partial charge in [0.25, 0.3) is 0 Å². The fourth-order valence-electron chi connectivity index (χ4n) is 3.05. The zero-order valence-electron chi connectivity index (χ0n) is 16.4. The molecule has 1 aromatic heterocycles. The lowest BCUT2D eigenvalue weighted by molar-refractivity contribution is 0.122. The number of benzene rings is 1. The number of hydrazone groups is 1. The summed E-state index contributed by atoms with van der Waals surface area (Å²) in [5, 5.41) is 4.33. The number of nitrogens with one attached hydrogen (secondary N) is 1. The summed E-state index contributed by atoms with van der Waals surface area (Å²) < 4.78 is 5.39. The van der Waals surface area contributed by atoms with Crippen molar-refractivity contribution in [2.24, 2.45) is 5.10 Å². The molecule has 0 spiro atoms. The quantitative estimate of drug-likeness (QED) is 0.599. The fraction of sp³-hybridized carbons (Fsp3) is 0.450. The molecule has 7 heteroatoms. The van der Waals surface area contributed by atoms with Gasteiger partial charge in [-0.2, -0.15) is 10.1 Å². The summed E-state index contributed by atoms with van der Waals surface area (Å²) >= 11 is 0. The number of aryl methyl sites for hydroxylation is 1. The van der Waals surface area contributed by atoms with Gasteiger partial charge >= 0.3 is 0 Å². The van der Waals surface area contributed by atoms with Crippen molar-refractivity contribution in [3.8, 4) is 0 Å². The van der Waals surface area contributed by atoms with Crippen molar-refractivity contribution in [2.75, 3.05) is 54.6 Å². The Morgan fingerprint density at radius 1 is 1.15 bits per heavy atom. The third-order valence-electron chi connectivity index (χ3n) is 4.55. The minimum atomic E-state index is 0.694. The van der Waals surface area contributed by atoms with E-state index in [1.165, 1.54) is 5.69 Å². The maximum Gasteiger partial charge on any atom is 0.227 e. The highest BCUT2D eigenvalue weighted by Crippen LogP contribution is 2.16. The van der Waals surface area contributed by atoms with Crippen LogP contribution in [0.15, 0.2) is 35.4 Å². The van der Waals surface area contributed by atoms with Gasteiger partial charge in [0.15, 0.2) is 5.82 Å². The van der Waals surface area contributed by atoms with Gasteiger partial charge in [-0.1, -0.05) is 12.1 Å². The van der Waals surface area contributed by atoms with E-state index in [-0.39, 0.29) is 0 Å². The van der Waals surface area contributed by atoms with E-state index in [0.717, 1.165) is 43.4 Å². The lowest BCUT2D eigenvalue weighted by Crippen LogP contribution is -2.37. The number of nitrogens with zero attached hydrogens (tertiary/aromatic N) is 5. The average molecular weight is 368 g/mol. The minimum Gasteiger partial charge on any atom is -0.378 e. The van der Waals surface area contributed by atoms with Crippen molar-refractivity contribution >= 4 is 23.7 Å². The predicted molar refractivity (Wildman–Crippen MR) is 111 cm³/mol. The number of hydrogen-bond acceptors (Lipinski definition) is 7. The second-order valence-electron chi connectivity index (χ2n) is 6.43. The molecule has 7 nitrogen and oxygen atoms in total. The zero-order chi connectivity index (χ0) is 19.1. The molecule has 144 valence electrons. The van der Waals surface area contributed by atoms with Crippen LogP contribution in [0.5, 0.6) is 0 Å². The second-order valence-corrected chi connectivity index (χ2v) is 6.43. The lowest BCUT2D eigenvalue weighted by atomic mass is 10.2. The van der Waals surface area contributed by atoms with Crippen LogP contribution in [0.4, 0.5) is 17.5 Å². The summed E-state index contributed by atoms with van der Waals surface area (Å²) in [7, 11) is 0. The summed E-state index contributed by atoms with van der Waals surface area (Å²) in [6, 6.07) is 10.3. The van der Waals surface area contributed by atoms with E-state index < -0.39 is 0 Å².